The monoisotopic (exact) mass is 513 g/mol. The van der Waals surface area contributed by atoms with E-state index >= 15 is 0 Å². The molecule has 13 heteroatoms. The van der Waals surface area contributed by atoms with Gasteiger partial charge in [0.15, 0.2) is 0 Å². The number of nitrogens with one attached hydrogen (secondary N) is 3. The molecule has 188 valence electrons. The largest absolute Gasteiger partial charge is 0.393 e. The van der Waals surface area contributed by atoms with Gasteiger partial charge < -0.3 is 25.6 Å². The molecule has 0 aliphatic carbocycles. The van der Waals surface area contributed by atoms with Gasteiger partial charge in [0, 0.05) is 13.0 Å². The van der Waals surface area contributed by atoms with Crippen LogP contribution < -0.4 is 16.0 Å². The lowest BCUT2D eigenvalue weighted by Gasteiger charge is -2.28. The van der Waals surface area contributed by atoms with Gasteiger partial charge in [0.2, 0.25) is 11.7 Å². The Kier molecular flexibility index (Phi) is 6.18. The Morgan fingerprint density at radius 1 is 1.34 bits per heavy atom. The highest BCUT2D eigenvalue weighted by Crippen LogP contribution is 2.44. The molecule has 5 rings (SSSR count). The molecule has 3 atom stereocenters. The zero-order chi connectivity index (χ0) is 24.8. The summed E-state index contributed by atoms with van der Waals surface area (Å²) in [6.07, 6.45) is -5.93. The lowest BCUT2D eigenvalue weighted by Crippen LogP contribution is -2.45. The summed E-state index contributed by atoms with van der Waals surface area (Å²) in [4.78, 5) is 16.2. The highest BCUT2D eigenvalue weighted by Gasteiger charge is 2.44. The second kappa shape index (κ2) is 9.03. The number of aliphatic hydroxyl groups excluding tert-OH is 1. The van der Waals surface area contributed by atoms with Crippen LogP contribution in [-0.4, -0.2) is 59.2 Å². The summed E-state index contributed by atoms with van der Waals surface area (Å²) in [5.74, 6) is -0.423. The molecule has 2 aromatic heterocycles. The number of piperidine rings is 1. The molecule has 1 unspecified atom stereocenters. The van der Waals surface area contributed by atoms with Crippen LogP contribution in [0.3, 0.4) is 0 Å². The van der Waals surface area contributed by atoms with E-state index < -0.39 is 37.0 Å². The van der Waals surface area contributed by atoms with Gasteiger partial charge in [-0.3, -0.25) is 4.79 Å². The molecular weight excluding hydrogens is 490 g/mol. The topological polar surface area (TPSA) is 112 Å². The summed E-state index contributed by atoms with van der Waals surface area (Å²) in [5, 5.41) is 22.9. The van der Waals surface area contributed by atoms with Gasteiger partial charge in [-0.25, -0.2) is 4.39 Å². The first-order valence-corrected chi connectivity index (χ1v) is 12.0. The van der Waals surface area contributed by atoms with E-state index in [1.165, 1.54) is 0 Å². The number of aromatic nitrogens is 2. The number of hydrogen-bond donors (Lipinski definition) is 4. The zero-order valence-electron chi connectivity index (χ0n) is 18.4. The zero-order valence-corrected chi connectivity index (χ0v) is 19.2. The lowest BCUT2D eigenvalue weighted by atomic mass is 9.99. The van der Waals surface area contributed by atoms with Gasteiger partial charge >= 0.3 is 6.18 Å². The number of alkyl halides is 4. The second-order valence-corrected chi connectivity index (χ2v) is 9.88. The van der Waals surface area contributed by atoms with Crippen molar-refractivity contribution in [2.75, 3.05) is 25.0 Å². The maximum Gasteiger partial charge on any atom is 0.393 e. The number of benzene rings is 1. The molecule has 0 spiro atoms. The van der Waals surface area contributed by atoms with Crippen molar-refractivity contribution in [1.29, 1.82) is 0 Å². The quantitative estimate of drug-likeness (QED) is 0.375. The van der Waals surface area contributed by atoms with Crippen LogP contribution in [0.5, 0.6) is 0 Å². The van der Waals surface area contributed by atoms with Gasteiger partial charge in [-0.1, -0.05) is 17.3 Å². The minimum Gasteiger partial charge on any atom is -0.393 e. The van der Waals surface area contributed by atoms with Gasteiger partial charge in [0.1, 0.15) is 11.7 Å². The number of amides is 1. The molecule has 2 fully saturated rings. The molecule has 2 aliphatic heterocycles. The average molecular weight is 514 g/mol. The molecule has 4 N–H and O–H groups in total. The van der Waals surface area contributed by atoms with Crippen LogP contribution in [0.2, 0.25) is 0 Å². The summed E-state index contributed by atoms with van der Waals surface area (Å²) in [7, 11) is 0. The number of rotatable bonds is 6. The summed E-state index contributed by atoms with van der Waals surface area (Å²) >= 11 is 1.06. The van der Waals surface area contributed by atoms with Crippen LogP contribution in [0, 0.1) is 0 Å². The van der Waals surface area contributed by atoms with E-state index in [0.717, 1.165) is 11.3 Å². The second-order valence-electron chi connectivity index (χ2n) is 8.86. The number of hydrogen-bond acceptors (Lipinski definition) is 8. The highest BCUT2D eigenvalue weighted by atomic mass is 32.1. The van der Waals surface area contributed by atoms with Crippen LogP contribution in [0.4, 0.5) is 23.2 Å². The summed E-state index contributed by atoms with van der Waals surface area (Å²) in [5.41, 5.74) is -0.736. The fourth-order valence-corrected chi connectivity index (χ4v) is 5.82. The predicted octanol–water partition coefficient (Wildman–Crippen LogP) is 3.27. The third-order valence-corrected chi connectivity index (χ3v) is 7.69. The van der Waals surface area contributed by atoms with E-state index in [9.17, 15) is 27.5 Å². The van der Waals surface area contributed by atoms with Crippen LogP contribution >= 0.6 is 11.3 Å². The Morgan fingerprint density at radius 3 is 2.86 bits per heavy atom. The van der Waals surface area contributed by atoms with E-state index in [1.54, 1.807) is 18.2 Å². The number of carbonyl (C=O) groups excluding carboxylic acids is 1. The van der Waals surface area contributed by atoms with Gasteiger partial charge in [0.25, 0.3) is 5.89 Å². The minimum absolute atomic E-state index is 0.0101. The van der Waals surface area contributed by atoms with Crippen LogP contribution in [0.25, 0.3) is 20.8 Å². The molecule has 35 heavy (non-hydrogen) atoms. The lowest BCUT2D eigenvalue weighted by molar-refractivity contribution is -0.127. The third kappa shape index (κ3) is 4.59. The SMILES string of the molecule is O=C1CCC(CO)(c2nc(-c3sc4c(N[C@@H]5CCNC[C@@H]5F)cccc4c3CC(F)(F)F)no2)N1. The fraction of sp³-hybridized carbons (Fsp3) is 0.500. The van der Waals surface area contributed by atoms with Crippen molar-refractivity contribution in [3.8, 4) is 10.7 Å². The first-order chi connectivity index (χ1) is 16.7. The Balaban J connectivity index is 1.58. The molecule has 4 heterocycles. The number of nitrogens with zero attached hydrogens (tertiary/aromatic N) is 2. The molecule has 1 amide bonds. The number of thiophene rings is 1. The highest BCUT2D eigenvalue weighted by molar-refractivity contribution is 7.23. The van der Waals surface area contributed by atoms with Crippen LogP contribution in [0.1, 0.15) is 30.7 Å². The maximum absolute atomic E-state index is 14.4. The number of halogens is 4. The smallest absolute Gasteiger partial charge is 0.393 e. The number of fused-ring (bicyclic) bond motifs is 1. The van der Waals surface area contributed by atoms with E-state index in [2.05, 4.69) is 26.1 Å². The van der Waals surface area contributed by atoms with E-state index in [1.807, 2.05) is 0 Å². The molecular formula is C22H23F4N5O3S. The molecule has 1 aromatic carbocycles. The molecule has 2 aliphatic rings. The Bertz CT molecular complexity index is 1250. The third-order valence-electron chi connectivity index (χ3n) is 6.41. The van der Waals surface area contributed by atoms with Gasteiger partial charge in [0.05, 0.1) is 34.3 Å². The van der Waals surface area contributed by atoms with Crippen LogP contribution in [0.15, 0.2) is 22.7 Å². The minimum atomic E-state index is -4.50. The Labute approximate surface area is 201 Å². The normalized spacial score (nSPS) is 25.2. The predicted molar refractivity (Wildman–Crippen MR) is 121 cm³/mol. The molecule has 3 aromatic rings. The van der Waals surface area contributed by atoms with Crippen molar-refractivity contribution in [3.05, 3.63) is 29.7 Å². The van der Waals surface area contributed by atoms with Gasteiger partial charge in [-0.05, 0) is 36.4 Å². The Hall–Kier alpha value is -2.77. The first-order valence-electron chi connectivity index (χ1n) is 11.2. The summed E-state index contributed by atoms with van der Waals surface area (Å²) in [6.45, 7) is 0.353. The van der Waals surface area contributed by atoms with E-state index in [4.69, 9.17) is 4.52 Å². The van der Waals surface area contributed by atoms with Crippen molar-refractivity contribution in [2.45, 2.75) is 49.6 Å². The Morgan fingerprint density at radius 2 is 2.17 bits per heavy atom. The first kappa shape index (κ1) is 23.9. The van der Waals surface area contributed by atoms with Crippen LogP contribution in [-0.2, 0) is 16.8 Å². The maximum atomic E-state index is 14.4. The number of anilines is 1. The molecule has 0 bridgehead atoms. The molecule has 8 nitrogen and oxygen atoms in total. The molecule has 2 saturated heterocycles. The van der Waals surface area contributed by atoms with Crippen molar-refractivity contribution in [3.63, 3.8) is 0 Å². The van der Waals surface area contributed by atoms with Gasteiger partial charge in [-0.2, -0.15) is 18.2 Å². The number of carbonyl (C=O) groups is 1. The van der Waals surface area contributed by atoms with Crippen molar-refractivity contribution in [1.82, 2.24) is 20.8 Å². The fourth-order valence-electron chi connectivity index (χ4n) is 4.60. The summed E-state index contributed by atoms with van der Waals surface area (Å²) < 4.78 is 60.9. The molecule has 0 saturated carbocycles. The molecule has 0 radical (unpaired) electrons. The summed E-state index contributed by atoms with van der Waals surface area (Å²) in [6, 6.07) is 4.46. The van der Waals surface area contributed by atoms with Gasteiger partial charge in [-0.15, -0.1) is 11.3 Å². The van der Waals surface area contributed by atoms with Crippen molar-refractivity contribution in [2.24, 2.45) is 0 Å². The number of aliphatic hydroxyl groups is 1. The van der Waals surface area contributed by atoms with Crippen molar-refractivity contribution < 1.29 is 32.0 Å². The van der Waals surface area contributed by atoms with E-state index in [-0.39, 0.29) is 47.4 Å². The average Bonchev–Trinajstić information content (AvgIpc) is 3.53. The van der Waals surface area contributed by atoms with Crippen molar-refractivity contribution >= 4 is 33.0 Å². The van der Waals surface area contributed by atoms with E-state index in [0.29, 0.717) is 28.7 Å². The standard InChI is InChI=1S/C22H23F4N5O3S/c23-13-9-27-7-5-14(13)28-15-3-1-2-11-12(8-22(24,25)26)18(35-17(11)15)19-29-20(34-31-19)21(10-32)6-4-16(33)30-21/h1-3,13-14,27-28,32H,4-10H2,(H,30,33)/t13-,14+,21?/m0/s1.